The third-order valence-corrected chi connectivity index (χ3v) is 3.89. The third kappa shape index (κ3) is 3.09. The molecule has 0 unspecified atom stereocenters. The zero-order chi connectivity index (χ0) is 13.8. The molecule has 1 atom stereocenters. The first-order chi connectivity index (χ1) is 9.83. The lowest BCUT2D eigenvalue weighted by molar-refractivity contribution is 0.148. The molecule has 0 aromatic heterocycles. The fourth-order valence-electron chi connectivity index (χ4n) is 2.61. The molecule has 0 aliphatic carbocycles. The molecule has 0 amide bonds. The van der Waals surface area contributed by atoms with Crippen molar-refractivity contribution < 1.29 is 4.74 Å². The number of hydrogen-bond acceptors (Lipinski definition) is 2. The van der Waals surface area contributed by atoms with Crippen molar-refractivity contribution in [3.05, 3.63) is 59.7 Å². The summed E-state index contributed by atoms with van der Waals surface area (Å²) in [4.78, 5) is 0. The van der Waals surface area contributed by atoms with Crippen LogP contribution >= 0.6 is 0 Å². The molecule has 104 valence electrons. The van der Waals surface area contributed by atoms with Crippen molar-refractivity contribution in [2.75, 3.05) is 19.8 Å². The average molecular weight is 267 g/mol. The minimum Gasteiger partial charge on any atom is -0.377 e. The lowest BCUT2D eigenvalue weighted by Gasteiger charge is -2.18. The van der Waals surface area contributed by atoms with Gasteiger partial charge in [0.2, 0.25) is 0 Å². The second-order valence-corrected chi connectivity index (χ2v) is 5.41. The van der Waals surface area contributed by atoms with E-state index >= 15 is 0 Å². The van der Waals surface area contributed by atoms with Crippen molar-refractivity contribution >= 4 is 10.8 Å². The van der Waals surface area contributed by atoms with Gasteiger partial charge in [0.15, 0.2) is 0 Å². The van der Waals surface area contributed by atoms with E-state index in [1.807, 2.05) is 0 Å². The Hall–Kier alpha value is -1.64. The van der Waals surface area contributed by atoms with Crippen LogP contribution < -0.4 is 5.32 Å². The van der Waals surface area contributed by atoms with Gasteiger partial charge in [0.25, 0.3) is 0 Å². The summed E-state index contributed by atoms with van der Waals surface area (Å²) < 4.78 is 5.47. The van der Waals surface area contributed by atoms with E-state index in [9.17, 15) is 0 Å². The van der Waals surface area contributed by atoms with Crippen LogP contribution in [0.4, 0.5) is 0 Å². The Morgan fingerprint density at radius 3 is 2.80 bits per heavy atom. The van der Waals surface area contributed by atoms with Crippen LogP contribution in [0.5, 0.6) is 0 Å². The first-order valence-corrected chi connectivity index (χ1v) is 7.31. The van der Waals surface area contributed by atoms with Crippen molar-refractivity contribution in [3.8, 4) is 0 Å². The van der Waals surface area contributed by atoms with Gasteiger partial charge in [-0.05, 0) is 41.3 Å². The number of benzene rings is 2. The van der Waals surface area contributed by atoms with Gasteiger partial charge in [0, 0.05) is 12.6 Å². The lowest BCUT2D eigenvalue weighted by Crippen LogP contribution is -2.24. The normalized spacial score (nSPS) is 16.9. The topological polar surface area (TPSA) is 21.3 Å². The smallest absolute Gasteiger partial charge is 0.0689 e. The minimum atomic E-state index is 0.349. The van der Waals surface area contributed by atoms with Gasteiger partial charge < -0.3 is 10.1 Å². The monoisotopic (exact) mass is 267 g/mol. The van der Waals surface area contributed by atoms with Crippen molar-refractivity contribution in [1.82, 2.24) is 5.32 Å². The van der Waals surface area contributed by atoms with Crippen LogP contribution in [0.15, 0.2) is 54.1 Å². The van der Waals surface area contributed by atoms with Gasteiger partial charge in [0.05, 0.1) is 13.2 Å². The molecule has 0 fully saturated rings. The highest BCUT2D eigenvalue weighted by molar-refractivity contribution is 5.83. The maximum atomic E-state index is 5.47. The summed E-state index contributed by atoms with van der Waals surface area (Å²) in [5.41, 5.74) is 2.70. The van der Waals surface area contributed by atoms with Gasteiger partial charge in [-0.15, -0.1) is 0 Å². The molecule has 1 N–H and O–H groups in total. The minimum absolute atomic E-state index is 0.349. The van der Waals surface area contributed by atoms with Crippen LogP contribution in [-0.2, 0) is 4.74 Å². The van der Waals surface area contributed by atoms with E-state index in [1.54, 1.807) is 0 Å². The summed E-state index contributed by atoms with van der Waals surface area (Å²) in [6.45, 7) is 4.77. The zero-order valence-corrected chi connectivity index (χ0v) is 11.9. The van der Waals surface area contributed by atoms with E-state index < -0.39 is 0 Å². The fourth-order valence-corrected chi connectivity index (χ4v) is 2.61. The zero-order valence-electron chi connectivity index (χ0n) is 11.9. The Balaban J connectivity index is 1.68. The maximum absolute atomic E-state index is 5.47. The van der Waals surface area contributed by atoms with Crippen LogP contribution in [0.1, 0.15) is 24.9 Å². The first-order valence-electron chi connectivity index (χ1n) is 7.31. The Morgan fingerprint density at radius 2 is 2.00 bits per heavy atom. The second-order valence-electron chi connectivity index (χ2n) is 5.41. The van der Waals surface area contributed by atoms with Crippen LogP contribution in [0, 0.1) is 0 Å². The molecule has 1 aliphatic heterocycles. The van der Waals surface area contributed by atoms with Gasteiger partial charge in [-0.3, -0.25) is 0 Å². The summed E-state index contributed by atoms with van der Waals surface area (Å²) in [5, 5.41) is 6.19. The number of hydrogen-bond donors (Lipinski definition) is 1. The molecule has 1 aliphatic rings. The molecule has 2 heteroatoms. The molecule has 0 radical (unpaired) electrons. The molecule has 0 bridgehead atoms. The predicted molar refractivity (Wildman–Crippen MR) is 83.9 cm³/mol. The largest absolute Gasteiger partial charge is 0.377 e. The quantitative estimate of drug-likeness (QED) is 0.850. The van der Waals surface area contributed by atoms with Crippen LogP contribution in [0.3, 0.4) is 0 Å². The Labute approximate surface area is 120 Å². The molecule has 0 saturated heterocycles. The molecule has 0 saturated carbocycles. The molecule has 0 spiro atoms. The molecular weight excluding hydrogens is 246 g/mol. The average Bonchev–Trinajstić information content (AvgIpc) is 2.53. The van der Waals surface area contributed by atoms with Crippen molar-refractivity contribution in [3.63, 3.8) is 0 Å². The van der Waals surface area contributed by atoms with Gasteiger partial charge in [-0.25, -0.2) is 0 Å². The molecule has 1 heterocycles. The molecule has 20 heavy (non-hydrogen) atoms. The summed E-state index contributed by atoms with van der Waals surface area (Å²) in [6.07, 6.45) is 3.34. The molecular formula is C18H21NO. The highest BCUT2D eigenvalue weighted by atomic mass is 16.5. The van der Waals surface area contributed by atoms with Gasteiger partial charge in [-0.2, -0.15) is 0 Å². The number of nitrogens with one attached hydrogen (secondary N) is 1. The van der Waals surface area contributed by atoms with Gasteiger partial charge in [0.1, 0.15) is 0 Å². The lowest BCUT2D eigenvalue weighted by atomic mass is 10.0. The number of ether oxygens (including phenoxy) is 1. The van der Waals surface area contributed by atoms with E-state index in [0.717, 1.165) is 26.2 Å². The fraction of sp³-hybridized carbons (Fsp3) is 0.333. The Bertz CT molecular complexity index is 618. The highest BCUT2D eigenvalue weighted by Crippen LogP contribution is 2.20. The summed E-state index contributed by atoms with van der Waals surface area (Å²) in [5.74, 6) is 0. The van der Waals surface area contributed by atoms with E-state index in [1.165, 1.54) is 21.9 Å². The highest BCUT2D eigenvalue weighted by Gasteiger charge is 2.08. The second kappa shape index (κ2) is 6.21. The number of rotatable bonds is 4. The van der Waals surface area contributed by atoms with Crippen LogP contribution in [-0.4, -0.2) is 19.8 Å². The molecule has 2 nitrogen and oxygen atoms in total. The van der Waals surface area contributed by atoms with Crippen molar-refractivity contribution in [2.45, 2.75) is 19.4 Å². The Morgan fingerprint density at radius 1 is 1.15 bits per heavy atom. The van der Waals surface area contributed by atoms with Crippen LogP contribution in [0.2, 0.25) is 0 Å². The van der Waals surface area contributed by atoms with Crippen molar-refractivity contribution in [2.24, 2.45) is 0 Å². The Kier molecular flexibility index (Phi) is 4.14. The van der Waals surface area contributed by atoms with Gasteiger partial charge >= 0.3 is 0 Å². The molecule has 2 aromatic carbocycles. The molecule has 3 rings (SSSR count). The van der Waals surface area contributed by atoms with Crippen molar-refractivity contribution in [1.29, 1.82) is 0 Å². The van der Waals surface area contributed by atoms with E-state index in [4.69, 9.17) is 4.74 Å². The maximum Gasteiger partial charge on any atom is 0.0689 e. The van der Waals surface area contributed by atoms with E-state index in [-0.39, 0.29) is 0 Å². The summed E-state index contributed by atoms with van der Waals surface area (Å²) >= 11 is 0. The number of fused-ring (bicyclic) bond motifs is 1. The standard InChI is InChI=1S/C18H21NO/c1-14(19-12-15-5-4-10-20-13-15)17-9-8-16-6-2-3-7-18(16)11-17/h2-3,5-9,11,14,19H,4,10,12-13H2,1H3/t14-/m0/s1. The third-order valence-electron chi connectivity index (χ3n) is 3.89. The summed E-state index contributed by atoms with van der Waals surface area (Å²) in [7, 11) is 0. The van der Waals surface area contributed by atoms with Crippen LogP contribution in [0.25, 0.3) is 10.8 Å². The molecule has 2 aromatic rings. The first kappa shape index (κ1) is 13.3. The van der Waals surface area contributed by atoms with Gasteiger partial charge in [-0.1, -0.05) is 42.5 Å². The summed E-state index contributed by atoms with van der Waals surface area (Å²) in [6, 6.07) is 15.5. The SMILES string of the molecule is C[C@H](NCC1=CCCOC1)c1ccc2ccccc2c1. The van der Waals surface area contributed by atoms with E-state index in [0.29, 0.717) is 6.04 Å². The van der Waals surface area contributed by atoms with E-state index in [2.05, 4.69) is 60.8 Å². The predicted octanol–water partition coefficient (Wildman–Crippen LogP) is 3.84.